The molecule has 4 heteroatoms. The second-order valence-corrected chi connectivity index (χ2v) is 6.21. The summed E-state index contributed by atoms with van der Waals surface area (Å²) >= 11 is 0. The van der Waals surface area contributed by atoms with Crippen molar-refractivity contribution in [2.45, 2.75) is 32.5 Å². The lowest BCUT2D eigenvalue weighted by Gasteiger charge is -2.43. The van der Waals surface area contributed by atoms with Gasteiger partial charge in [0.15, 0.2) is 0 Å². The van der Waals surface area contributed by atoms with Gasteiger partial charge in [-0.3, -0.25) is 0 Å². The predicted molar refractivity (Wildman–Crippen MR) is 77.5 cm³/mol. The van der Waals surface area contributed by atoms with Crippen LogP contribution in [0.15, 0.2) is 30.3 Å². The summed E-state index contributed by atoms with van der Waals surface area (Å²) in [5.74, 6) is 0.329. The number of benzene rings is 1. The minimum absolute atomic E-state index is 0.0369. The van der Waals surface area contributed by atoms with Gasteiger partial charge in [0.25, 0.3) is 0 Å². The van der Waals surface area contributed by atoms with Crippen molar-refractivity contribution >= 4 is 6.09 Å². The van der Waals surface area contributed by atoms with Crippen LogP contribution in [0.1, 0.15) is 32.4 Å². The molecule has 0 radical (unpaired) electrons. The lowest BCUT2D eigenvalue weighted by atomic mass is 9.89. The summed E-state index contributed by atoms with van der Waals surface area (Å²) in [4.78, 5) is 13.6. The second kappa shape index (κ2) is 5.83. The molecule has 0 N–H and O–H groups in total. The molecule has 1 aliphatic rings. The second-order valence-electron chi connectivity index (χ2n) is 6.21. The maximum absolute atomic E-state index is 11.9. The van der Waals surface area contributed by atoms with Crippen molar-refractivity contribution in [2.24, 2.45) is 5.92 Å². The third-order valence-corrected chi connectivity index (χ3v) is 3.37. The number of hydrogen-bond acceptors (Lipinski definition) is 3. The minimum atomic E-state index is -0.442. The molecule has 1 aromatic carbocycles. The average Bonchev–Trinajstić information content (AvgIpc) is 2.31. The van der Waals surface area contributed by atoms with Crippen LogP contribution < -0.4 is 0 Å². The highest BCUT2D eigenvalue weighted by molar-refractivity contribution is 5.69. The molecule has 1 aromatic rings. The molecule has 1 aliphatic heterocycles. The number of ether oxygens (including phenoxy) is 2. The van der Waals surface area contributed by atoms with Gasteiger partial charge in [-0.25, -0.2) is 4.79 Å². The molecule has 20 heavy (non-hydrogen) atoms. The number of carbonyl (C=O) groups is 1. The van der Waals surface area contributed by atoms with Crippen LogP contribution in [0.4, 0.5) is 4.79 Å². The Morgan fingerprint density at radius 2 is 1.85 bits per heavy atom. The van der Waals surface area contributed by atoms with Gasteiger partial charge in [-0.05, 0) is 26.3 Å². The van der Waals surface area contributed by atoms with E-state index >= 15 is 0 Å². The summed E-state index contributed by atoms with van der Waals surface area (Å²) in [5.41, 5.74) is 0.714. The van der Waals surface area contributed by atoms with Gasteiger partial charge in [0.1, 0.15) is 5.60 Å². The van der Waals surface area contributed by atoms with Crippen LogP contribution in [-0.4, -0.2) is 36.8 Å². The monoisotopic (exact) mass is 277 g/mol. The van der Waals surface area contributed by atoms with Crippen LogP contribution >= 0.6 is 0 Å². The number of hydrogen-bond donors (Lipinski definition) is 0. The van der Waals surface area contributed by atoms with Gasteiger partial charge < -0.3 is 14.4 Å². The Morgan fingerprint density at radius 3 is 2.35 bits per heavy atom. The van der Waals surface area contributed by atoms with Gasteiger partial charge in [-0.2, -0.15) is 0 Å². The van der Waals surface area contributed by atoms with E-state index in [1.807, 2.05) is 39.0 Å². The van der Waals surface area contributed by atoms with Crippen molar-refractivity contribution in [1.82, 2.24) is 4.90 Å². The van der Waals surface area contributed by atoms with E-state index in [1.54, 1.807) is 12.0 Å². The summed E-state index contributed by atoms with van der Waals surface area (Å²) in [6, 6.07) is 10.1. The van der Waals surface area contributed by atoms with Gasteiger partial charge in [-0.1, -0.05) is 30.3 Å². The van der Waals surface area contributed by atoms with E-state index in [-0.39, 0.29) is 12.2 Å². The van der Waals surface area contributed by atoms with E-state index < -0.39 is 5.60 Å². The van der Waals surface area contributed by atoms with Gasteiger partial charge in [0, 0.05) is 26.1 Å². The van der Waals surface area contributed by atoms with E-state index in [0.717, 1.165) is 5.56 Å². The van der Waals surface area contributed by atoms with Crippen molar-refractivity contribution in [3.8, 4) is 0 Å². The summed E-state index contributed by atoms with van der Waals surface area (Å²) < 4.78 is 10.9. The molecule has 0 aliphatic carbocycles. The minimum Gasteiger partial charge on any atom is -0.444 e. The molecule has 1 saturated heterocycles. The maximum atomic E-state index is 11.9. The first-order valence-electron chi connectivity index (χ1n) is 6.96. The predicted octanol–water partition coefficient (Wildman–Crippen LogP) is 3.24. The summed E-state index contributed by atoms with van der Waals surface area (Å²) in [6.45, 7) is 7.00. The van der Waals surface area contributed by atoms with Crippen LogP contribution in [-0.2, 0) is 9.47 Å². The average molecular weight is 277 g/mol. The van der Waals surface area contributed by atoms with Crippen LogP contribution in [0.5, 0.6) is 0 Å². The number of rotatable bonds is 3. The fourth-order valence-corrected chi connectivity index (χ4v) is 2.42. The largest absolute Gasteiger partial charge is 0.444 e. The molecule has 1 amide bonds. The van der Waals surface area contributed by atoms with E-state index in [1.165, 1.54) is 0 Å². The third-order valence-electron chi connectivity index (χ3n) is 3.37. The van der Waals surface area contributed by atoms with Crippen LogP contribution in [0, 0.1) is 5.92 Å². The number of nitrogens with zero attached hydrogens (tertiary/aromatic N) is 1. The quantitative estimate of drug-likeness (QED) is 0.851. The highest BCUT2D eigenvalue weighted by Crippen LogP contribution is 2.33. The molecule has 1 heterocycles. The Balaban J connectivity index is 1.90. The zero-order valence-electron chi connectivity index (χ0n) is 12.6. The Hall–Kier alpha value is -1.55. The standard InChI is InChI=1S/C16H23NO3/c1-16(2,3)20-15(18)17-10-13(11-17)14(19-4)12-8-6-5-7-9-12/h5-9,13-14H,10-11H2,1-4H3. The molecule has 4 nitrogen and oxygen atoms in total. The van der Waals surface area contributed by atoms with Crippen molar-refractivity contribution in [3.05, 3.63) is 35.9 Å². The highest BCUT2D eigenvalue weighted by atomic mass is 16.6. The zero-order chi connectivity index (χ0) is 14.8. The van der Waals surface area contributed by atoms with Gasteiger partial charge in [0.05, 0.1) is 6.10 Å². The van der Waals surface area contributed by atoms with E-state index in [9.17, 15) is 4.79 Å². The third kappa shape index (κ3) is 3.51. The Kier molecular flexibility index (Phi) is 4.33. The van der Waals surface area contributed by atoms with Crippen molar-refractivity contribution < 1.29 is 14.3 Å². The van der Waals surface area contributed by atoms with Gasteiger partial charge in [0.2, 0.25) is 0 Å². The SMILES string of the molecule is COC(c1ccccc1)C1CN(C(=O)OC(C)(C)C)C1. The molecule has 0 bridgehead atoms. The lowest BCUT2D eigenvalue weighted by Crippen LogP contribution is -2.53. The Bertz CT molecular complexity index is 447. The smallest absolute Gasteiger partial charge is 0.410 e. The fourth-order valence-electron chi connectivity index (χ4n) is 2.42. The van der Waals surface area contributed by atoms with Crippen LogP contribution in [0.25, 0.3) is 0 Å². The molecule has 110 valence electrons. The van der Waals surface area contributed by atoms with Crippen LogP contribution in [0.2, 0.25) is 0 Å². The Morgan fingerprint density at radius 1 is 1.25 bits per heavy atom. The number of methoxy groups -OCH3 is 1. The number of carbonyl (C=O) groups excluding carboxylic acids is 1. The van der Waals surface area contributed by atoms with E-state index in [0.29, 0.717) is 19.0 Å². The van der Waals surface area contributed by atoms with Crippen molar-refractivity contribution in [3.63, 3.8) is 0 Å². The van der Waals surface area contributed by atoms with E-state index in [4.69, 9.17) is 9.47 Å². The summed E-state index contributed by atoms with van der Waals surface area (Å²) in [7, 11) is 1.72. The molecule has 1 atom stereocenters. The van der Waals surface area contributed by atoms with Crippen molar-refractivity contribution in [2.75, 3.05) is 20.2 Å². The maximum Gasteiger partial charge on any atom is 0.410 e. The Labute approximate surface area is 120 Å². The lowest BCUT2D eigenvalue weighted by molar-refractivity contribution is -0.0448. The molecule has 2 rings (SSSR count). The first-order valence-corrected chi connectivity index (χ1v) is 6.96. The molecule has 0 spiro atoms. The zero-order valence-corrected chi connectivity index (χ0v) is 12.6. The normalized spacial score (nSPS) is 17.5. The molecule has 1 unspecified atom stereocenters. The number of likely N-dealkylation sites (tertiary alicyclic amines) is 1. The highest BCUT2D eigenvalue weighted by Gasteiger charge is 2.38. The first kappa shape index (κ1) is 14.9. The molecule has 1 fully saturated rings. The first-order chi connectivity index (χ1) is 9.40. The van der Waals surface area contributed by atoms with Gasteiger partial charge in [-0.15, -0.1) is 0 Å². The van der Waals surface area contributed by atoms with Gasteiger partial charge >= 0.3 is 6.09 Å². The molecule has 0 aromatic heterocycles. The topological polar surface area (TPSA) is 38.8 Å². The fraction of sp³-hybridized carbons (Fsp3) is 0.562. The van der Waals surface area contributed by atoms with Crippen LogP contribution in [0.3, 0.4) is 0 Å². The van der Waals surface area contributed by atoms with Crippen molar-refractivity contribution in [1.29, 1.82) is 0 Å². The molecular weight excluding hydrogens is 254 g/mol. The molecule has 0 saturated carbocycles. The summed E-state index contributed by atoms with van der Waals surface area (Å²) in [6.07, 6.45) is -0.202. The molecular formula is C16H23NO3. The summed E-state index contributed by atoms with van der Waals surface area (Å²) in [5, 5.41) is 0. The number of amides is 1. The van der Waals surface area contributed by atoms with E-state index in [2.05, 4.69) is 12.1 Å².